The first-order chi connectivity index (χ1) is 33.7. The summed E-state index contributed by atoms with van der Waals surface area (Å²) in [5, 5.41) is 4.97. The van der Waals surface area contributed by atoms with E-state index in [2.05, 4.69) is 246 Å². The molecular formula is C64H42N4. The maximum absolute atomic E-state index is 5.10. The molecule has 68 heavy (non-hydrogen) atoms. The van der Waals surface area contributed by atoms with Crippen molar-refractivity contribution in [2.45, 2.75) is 0 Å². The Balaban J connectivity index is 0.787. The monoisotopic (exact) mass is 866 g/mol. The average Bonchev–Trinajstić information content (AvgIpc) is 3.94. The molecule has 0 amide bonds. The molecule has 4 nitrogen and oxygen atoms in total. The molecule has 318 valence electrons. The van der Waals surface area contributed by atoms with Crippen LogP contribution in [-0.4, -0.2) is 19.1 Å². The van der Waals surface area contributed by atoms with Crippen molar-refractivity contribution in [3.8, 4) is 78.5 Å². The Morgan fingerprint density at radius 1 is 0.265 bits per heavy atom. The van der Waals surface area contributed by atoms with Gasteiger partial charge in [-0.3, -0.25) is 0 Å². The van der Waals surface area contributed by atoms with E-state index in [4.69, 9.17) is 9.97 Å². The van der Waals surface area contributed by atoms with Gasteiger partial charge in [0, 0.05) is 50.2 Å². The van der Waals surface area contributed by atoms with Crippen molar-refractivity contribution in [2.75, 3.05) is 0 Å². The number of hydrogen-bond acceptors (Lipinski definition) is 2. The highest BCUT2D eigenvalue weighted by Crippen LogP contribution is 2.39. The van der Waals surface area contributed by atoms with Gasteiger partial charge >= 0.3 is 0 Å². The summed E-state index contributed by atoms with van der Waals surface area (Å²) in [5.41, 5.74) is 19.4. The Morgan fingerprint density at radius 2 is 0.676 bits per heavy atom. The maximum atomic E-state index is 5.10. The molecule has 13 aromatic rings. The van der Waals surface area contributed by atoms with Gasteiger partial charge in [0.2, 0.25) is 0 Å². The molecule has 3 heterocycles. The summed E-state index contributed by atoms with van der Waals surface area (Å²) in [5.74, 6) is 0.698. The van der Waals surface area contributed by atoms with Gasteiger partial charge in [-0.05, 0) is 111 Å². The van der Waals surface area contributed by atoms with Crippen LogP contribution in [0.2, 0.25) is 0 Å². The summed E-state index contributed by atoms with van der Waals surface area (Å²) in [6, 6.07) is 89.2. The molecule has 0 saturated carbocycles. The van der Waals surface area contributed by atoms with Crippen LogP contribution in [0.3, 0.4) is 0 Å². The second-order valence-corrected chi connectivity index (χ2v) is 17.4. The van der Waals surface area contributed by atoms with Gasteiger partial charge in [-0.15, -0.1) is 0 Å². The maximum Gasteiger partial charge on any atom is 0.159 e. The first kappa shape index (κ1) is 39.3. The molecule has 0 bridgehead atoms. The second-order valence-electron chi connectivity index (χ2n) is 17.4. The Morgan fingerprint density at radius 3 is 1.26 bits per heavy atom. The number of para-hydroxylation sites is 3. The van der Waals surface area contributed by atoms with Crippen LogP contribution in [0, 0.1) is 0 Å². The minimum atomic E-state index is 0.698. The molecule has 0 radical (unpaired) electrons. The van der Waals surface area contributed by atoms with E-state index in [0.717, 1.165) is 44.8 Å². The van der Waals surface area contributed by atoms with Crippen molar-refractivity contribution >= 4 is 43.6 Å². The molecule has 0 spiro atoms. The minimum absolute atomic E-state index is 0.698. The Bertz CT molecular complexity index is 3980. The summed E-state index contributed by atoms with van der Waals surface area (Å²) < 4.78 is 4.76. The molecule has 0 atom stereocenters. The van der Waals surface area contributed by atoms with Crippen molar-refractivity contribution in [1.29, 1.82) is 0 Å². The molecule has 0 unspecified atom stereocenters. The zero-order valence-corrected chi connectivity index (χ0v) is 37.0. The van der Waals surface area contributed by atoms with Gasteiger partial charge in [-0.2, -0.15) is 0 Å². The summed E-state index contributed by atoms with van der Waals surface area (Å²) in [4.78, 5) is 9.82. The first-order valence-electron chi connectivity index (χ1n) is 23.1. The summed E-state index contributed by atoms with van der Waals surface area (Å²) >= 11 is 0. The fourth-order valence-corrected chi connectivity index (χ4v) is 10.1. The van der Waals surface area contributed by atoms with Crippen LogP contribution in [0.5, 0.6) is 0 Å². The van der Waals surface area contributed by atoms with Crippen LogP contribution in [-0.2, 0) is 0 Å². The van der Waals surface area contributed by atoms with E-state index in [1.54, 1.807) is 0 Å². The number of fused-ring (bicyclic) bond motifs is 6. The number of aromatic nitrogens is 4. The highest BCUT2D eigenvalue weighted by Gasteiger charge is 2.17. The number of hydrogen-bond donors (Lipinski definition) is 0. The second kappa shape index (κ2) is 16.4. The van der Waals surface area contributed by atoms with Crippen molar-refractivity contribution in [2.24, 2.45) is 0 Å². The molecule has 0 aliphatic carbocycles. The van der Waals surface area contributed by atoms with Crippen LogP contribution in [0.25, 0.3) is 122 Å². The molecule has 3 aromatic heterocycles. The lowest BCUT2D eigenvalue weighted by molar-refractivity contribution is 1.18. The predicted molar refractivity (Wildman–Crippen MR) is 283 cm³/mol. The minimum Gasteiger partial charge on any atom is -0.309 e. The molecule has 0 N–H and O–H groups in total. The lowest BCUT2D eigenvalue weighted by atomic mass is 9.95. The molecular weight excluding hydrogens is 825 g/mol. The standard InChI is InChI=1S/C64H42N4/c1-3-13-43(14-4-1)44-23-27-47(28-24-44)53-17-7-8-18-54(53)59-39-40-65-64(66-59)48-29-25-45(26-30-48)46-31-35-52(36-32-46)68-61-22-12-10-20-56(61)58-42-50(34-38-63(58)68)49-33-37-62-57(41-49)55-19-9-11-21-60(55)67(62)51-15-5-2-6-16-51/h1-42H. The van der Waals surface area contributed by atoms with Gasteiger partial charge in [0.15, 0.2) is 5.82 Å². The van der Waals surface area contributed by atoms with Crippen LogP contribution in [0.1, 0.15) is 0 Å². The SMILES string of the molecule is c1ccc(-c2ccc(-c3ccccc3-c3ccnc(-c4ccc(-c5ccc(-n6c7ccccc7c7cc(-c8ccc9c(c8)c8ccccc8n9-c8ccccc8)ccc76)cc5)cc4)n3)cc2)cc1. The van der Waals surface area contributed by atoms with E-state index in [-0.39, 0.29) is 0 Å². The van der Waals surface area contributed by atoms with Crippen molar-refractivity contribution < 1.29 is 0 Å². The van der Waals surface area contributed by atoms with Crippen LogP contribution >= 0.6 is 0 Å². The smallest absolute Gasteiger partial charge is 0.159 e. The van der Waals surface area contributed by atoms with Gasteiger partial charge in [0.1, 0.15) is 0 Å². The van der Waals surface area contributed by atoms with Crippen molar-refractivity contribution in [3.05, 3.63) is 255 Å². The Kier molecular flexibility index (Phi) is 9.47. The molecule has 0 aliphatic heterocycles. The molecule has 10 aromatic carbocycles. The quantitative estimate of drug-likeness (QED) is 0.153. The van der Waals surface area contributed by atoms with Gasteiger partial charge in [0.25, 0.3) is 0 Å². The third kappa shape index (κ3) is 6.78. The fraction of sp³-hybridized carbons (Fsp3) is 0. The van der Waals surface area contributed by atoms with E-state index in [0.29, 0.717) is 5.82 Å². The normalized spacial score (nSPS) is 11.5. The van der Waals surface area contributed by atoms with Crippen molar-refractivity contribution in [1.82, 2.24) is 19.1 Å². The van der Waals surface area contributed by atoms with Gasteiger partial charge < -0.3 is 9.13 Å². The number of benzene rings is 10. The van der Waals surface area contributed by atoms with E-state index in [1.807, 2.05) is 18.3 Å². The predicted octanol–water partition coefficient (Wildman–Crippen LogP) is 16.7. The Hall–Kier alpha value is -9.12. The van der Waals surface area contributed by atoms with E-state index < -0.39 is 0 Å². The number of rotatable bonds is 8. The lowest BCUT2D eigenvalue weighted by Crippen LogP contribution is -1.94. The molecule has 4 heteroatoms. The van der Waals surface area contributed by atoms with Crippen LogP contribution in [0.15, 0.2) is 255 Å². The van der Waals surface area contributed by atoms with Crippen LogP contribution < -0.4 is 0 Å². The molecule has 0 aliphatic rings. The van der Waals surface area contributed by atoms with E-state index >= 15 is 0 Å². The van der Waals surface area contributed by atoms with Crippen molar-refractivity contribution in [3.63, 3.8) is 0 Å². The topological polar surface area (TPSA) is 35.6 Å². The molecule has 0 saturated heterocycles. The highest BCUT2D eigenvalue weighted by atomic mass is 15.0. The van der Waals surface area contributed by atoms with Gasteiger partial charge in [-0.25, -0.2) is 9.97 Å². The largest absolute Gasteiger partial charge is 0.309 e. The molecule has 0 fully saturated rings. The summed E-state index contributed by atoms with van der Waals surface area (Å²) in [6.45, 7) is 0. The fourth-order valence-electron chi connectivity index (χ4n) is 10.1. The van der Waals surface area contributed by atoms with E-state index in [1.165, 1.54) is 71.6 Å². The highest BCUT2D eigenvalue weighted by molar-refractivity contribution is 6.12. The van der Waals surface area contributed by atoms with Gasteiger partial charge in [0.05, 0.1) is 27.8 Å². The zero-order valence-electron chi connectivity index (χ0n) is 37.0. The average molecular weight is 867 g/mol. The summed E-state index contributed by atoms with van der Waals surface area (Å²) in [6.07, 6.45) is 1.86. The third-order valence-corrected chi connectivity index (χ3v) is 13.5. The van der Waals surface area contributed by atoms with E-state index in [9.17, 15) is 0 Å². The van der Waals surface area contributed by atoms with Crippen LogP contribution in [0.4, 0.5) is 0 Å². The molecule has 13 rings (SSSR count). The third-order valence-electron chi connectivity index (χ3n) is 13.5. The lowest BCUT2D eigenvalue weighted by Gasteiger charge is -2.12. The number of nitrogens with zero attached hydrogens (tertiary/aromatic N) is 4. The summed E-state index contributed by atoms with van der Waals surface area (Å²) in [7, 11) is 0. The zero-order chi connectivity index (χ0) is 45.0. The van der Waals surface area contributed by atoms with Gasteiger partial charge in [-0.1, -0.05) is 182 Å². The Labute approximate surface area is 394 Å². The first-order valence-corrected chi connectivity index (χ1v) is 23.1.